The summed E-state index contributed by atoms with van der Waals surface area (Å²) in [6, 6.07) is 1.83. The molecule has 4 nitrogen and oxygen atoms in total. The van der Waals surface area contributed by atoms with Gasteiger partial charge in [0.2, 0.25) is 0 Å². The Bertz CT molecular complexity index is 419. The largest absolute Gasteiger partial charge is 0.375 e. The number of alkyl halides is 1. The van der Waals surface area contributed by atoms with Crippen LogP contribution in [0.1, 0.15) is 35.5 Å². The Morgan fingerprint density at radius 3 is 3.06 bits per heavy atom. The second-order valence-electron chi connectivity index (χ2n) is 4.73. The SMILES string of the molecule is COC1c2[nH]ccc2C(=O)N(CCCCl)CC1C. The van der Waals surface area contributed by atoms with E-state index in [2.05, 4.69) is 11.9 Å². The number of carbonyl (C=O) groups is 1. The molecule has 18 heavy (non-hydrogen) atoms. The molecule has 1 amide bonds. The van der Waals surface area contributed by atoms with Crippen LogP contribution in [0.5, 0.6) is 0 Å². The van der Waals surface area contributed by atoms with E-state index in [-0.39, 0.29) is 17.9 Å². The first-order valence-corrected chi connectivity index (χ1v) is 6.77. The Morgan fingerprint density at radius 2 is 2.39 bits per heavy atom. The summed E-state index contributed by atoms with van der Waals surface area (Å²) in [5, 5.41) is 0. The van der Waals surface area contributed by atoms with Crippen LogP contribution in [0, 0.1) is 5.92 Å². The lowest BCUT2D eigenvalue weighted by Crippen LogP contribution is -2.34. The van der Waals surface area contributed by atoms with Gasteiger partial charge in [0.1, 0.15) is 6.10 Å². The molecule has 5 heteroatoms. The van der Waals surface area contributed by atoms with E-state index in [0.29, 0.717) is 19.0 Å². The van der Waals surface area contributed by atoms with E-state index in [0.717, 1.165) is 17.7 Å². The summed E-state index contributed by atoms with van der Waals surface area (Å²) >= 11 is 5.71. The third kappa shape index (κ3) is 2.40. The molecule has 1 aromatic rings. The van der Waals surface area contributed by atoms with Crippen LogP contribution in [0.15, 0.2) is 12.3 Å². The molecule has 0 aromatic carbocycles. The zero-order valence-corrected chi connectivity index (χ0v) is 11.5. The van der Waals surface area contributed by atoms with E-state index >= 15 is 0 Å². The third-order valence-electron chi connectivity index (χ3n) is 3.42. The van der Waals surface area contributed by atoms with Gasteiger partial charge in [0, 0.05) is 38.2 Å². The van der Waals surface area contributed by atoms with Gasteiger partial charge in [0.25, 0.3) is 5.91 Å². The molecule has 100 valence electrons. The normalized spacial score (nSPS) is 23.9. The minimum absolute atomic E-state index is 0.0556. The average molecular weight is 271 g/mol. The van der Waals surface area contributed by atoms with Gasteiger partial charge in [0.15, 0.2) is 0 Å². The quantitative estimate of drug-likeness (QED) is 0.854. The molecule has 0 saturated carbocycles. The fourth-order valence-corrected chi connectivity index (χ4v) is 2.70. The summed E-state index contributed by atoms with van der Waals surface area (Å²) in [6.07, 6.45) is 2.56. The van der Waals surface area contributed by atoms with Crippen molar-refractivity contribution in [1.29, 1.82) is 0 Å². The molecule has 2 heterocycles. The summed E-state index contributed by atoms with van der Waals surface area (Å²) in [6.45, 7) is 3.51. The molecule has 1 aliphatic heterocycles. The third-order valence-corrected chi connectivity index (χ3v) is 3.69. The number of rotatable bonds is 4. The fourth-order valence-electron chi connectivity index (χ4n) is 2.58. The molecular weight excluding hydrogens is 252 g/mol. The number of nitrogens with one attached hydrogen (secondary N) is 1. The first kappa shape index (κ1) is 13.4. The average Bonchev–Trinajstić information content (AvgIpc) is 2.80. The van der Waals surface area contributed by atoms with Gasteiger partial charge in [0.05, 0.1) is 11.3 Å². The van der Waals surface area contributed by atoms with E-state index in [1.165, 1.54) is 0 Å². The van der Waals surface area contributed by atoms with Gasteiger partial charge in [-0.15, -0.1) is 11.6 Å². The number of hydrogen-bond donors (Lipinski definition) is 1. The topological polar surface area (TPSA) is 45.3 Å². The highest BCUT2D eigenvalue weighted by atomic mass is 35.5. The number of nitrogens with zero attached hydrogens (tertiary/aromatic N) is 1. The predicted octanol–water partition coefficient (Wildman–Crippen LogP) is 2.42. The van der Waals surface area contributed by atoms with Gasteiger partial charge >= 0.3 is 0 Å². The Morgan fingerprint density at radius 1 is 1.61 bits per heavy atom. The minimum Gasteiger partial charge on any atom is -0.375 e. The van der Waals surface area contributed by atoms with Crippen molar-refractivity contribution in [2.45, 2.75) is 19.4 Å². The van der Waals surface area contributed by atoms with E-state index in [1.807, 2.05) is 11.0 Å². The summed E-state index contributed by atoms with van der Waals surface area (Å²) in [5.41, 5.74) is 1.61. The molecule has 1 N–H and O–H groups in total. The van der Waals surface area contributed by atoms with Crippen molar-refractivity contribution in [1.82, 2.24) is 9.88 Å². The zero-order chi connectivity index (χ0) is 13.1. The molecule has 2 atom stereocenters. The van der Waals surface area contributed by atoms with Gasteiger partial charge in [-0.05, 0) is 12.5 Å². The van der Waals surface area contributed by atoms with Crippen molar-refractivity contribution >= 4 is 17.5 Å². The Hall–Kier alpha value is -1.00. The van der Waals surface area contributed by atoms with Crippen molar-refractivity contribution in [3.8, 4) is 0 Å². The molecule has 0 spiro atoms. The van der Waals surface area contributed by atoms with Crippen molar-refractivity contribution in [3.05, 3.63) is 23.5 Å². The predicted molar refractivity (Wildman–Crippen MR) is 70.9 cm³/mol. The lowest BCUT2D eigenvalue weighted by Gasteiger charge is -2.25. The molecule has 1 aliphatic rings. The van der Waals surface area contributed by atoms with E-state index in [9.17, 15) is 4.79 Å². The lowest BCUT2D eigenvalue weighted by molar-refractivity contribution is 0.0425. The van der Waals surface area contributed by atoms with E-state index in [4.69, 9.17) is 16.3 Å². The van der Waals surface area contributed by atoms with Crippen LogP contribution in [0.4, 0.5) is 0 Å². The second-order valence-corrected chi connectivity index (χ2v) is 5.11. The summed E-state index contributed by atoms with van der Waals surface area (Å²) < 4.78 is 5.53. The Kier molecular flexibility index (Phi) is 4.30. The number of aromatic nitrogens is 1. The second kappa shape index (κ2) is 5.76. The first-order valence-electron chi connectivity index (χ1n) is 6.24. The monoisotopic (exact) mass is 270 g/mol. The maximum atomic E-state index is 12.4. The summed E-state index contributed by atoms with van der Waals surface area (Å²) in [5.74, 6) is 0.906. The highest BCUT2D eigenvalue weighted by Crippen LogP contribution is 2.31. The standard InChI is InChI=1S/C13H19ClN2O2/c1-9-8-16(7-3-5-14)13(17)10-4-6-15-11(10)12(9)18-2/h4,6,9,12,15H,3,5,7-8H2,1-2H3. The number of hydrogen-bond acceptors (Lipinski definition) is 2. The number of carbonyl (C=O) groups excluding carboxylic acids is 1. The van der Waals surface area contributed by atoms with Crippen molar-refractivity contribution in [3.63, 3.8) is 0 Å². The Labute approximate surface area is 112 Å². The maximum Gasteiger partial charge on any atom is 0.255 e. The van der Waals surface area contributed by atoms with Crippen molar-refractivity contribution in [2.24, 2.45) is 5.92 Å². The molecule has 2 rings (SSSR count). The van der Waals surface area contributed by atoms with Crippen LogP contribution < -0.4 is 0 Å². The molecule has 0 radical (unpaired) electrons. The smallest absolute Gasteiger partial charge is 0.255 e. The highest BCUT2D eigenvalue weighted by molar-refractivity contribution is 6.17. The van der Waals surface area contributed by atoms with Crippen molar-refractivity contribution in [2.75, 3.05) is 26.1 Å². The van der Waals surface area contributed by atoms with Crippen LogP contribution >= 0.6 is 11.6 Å². The number of H-pyrrole nitrogens is 1. The number of fused-ring (bicyclic) bond motifs is 1. The fraction of sp³-hybridized carbons (Fsp3) is 0.615. The molecule has 0 bridgehead atoms. The number of aromatic amines is 1. The van der Waals surface area contributed by atoms with Crippen LogP contribution in [-0.4, -0.2) is 41.9 Å². The number of ether oxygens (including phenoxy) is 1. The van der Waals surface area contributed by atoms with Crippen LogP contribution in [-0.2, 0) is 4.74 Å². The van der Waals surface area contributed by atoms with Gasteiger partial charge in [-0.2, -0.15) is 0 Å². The van der Waals surface area contributed by atoms with Gasteiger partial charge in [-0.25, -0.2) is 0 Å². The van der Waals surface area contributed by atoms with Crippen LogP contribution in [0.25, 0.3) is 0 Å². The van der Waals surface area contributed by atoms with E-state index < -0.39 is 0 Å². The molecule has 1 aromatic heterocycles. The van der Waals surface area contributed by atoms with Gasteiger partial charge in [-0.1, -0.05) is 6.92 Å². The molecule has 0 saturated heterocycles. The minimum atomic E-state index is -0.0556. The molecular formula is C13H19ClN2O2. The van der Waals surface area contributed by atoms with E-state index in [1.54, 1.807) is 13.3 Å². The highest BCUT2D eigenvalue weighted by Gasteiger charge is 2.33. The number of methoxy groups -OCH3 is 1. The Balaban J connectivity index is 2.29. The number of halogens is 1. The van der Waals surface area contributed by atoms with Crippen molar-refractivity contribution < 1.29 is 9.53 Å². The molecule has 0 fully saturated rings. The van der Waals surface area contributed by atoms with Gasteiger partial charge in [-0.3, -0.25) is 4.79 Å². The van der Waals surface area contributed by atoms with Crippen LogP contribution in [0.2, 0.25) is 0 Å². The summed E-state index contributed by atoms with van der Waals surface area (Å²) in [7, 11) is 1.69. The summed E-state index contributed by atoms with van der Waals surface area (Å²) in [4.78, 5) is 17.4. The first-order chi connectivity index (χ1) is 8.69. The molecule has 0 aliphatic carbocycles. The maximum absolute atomic E-state index is 12.4. The molecule has 2 unspecified atom stereocenters. The number of amides is 1. The van der Waals surface area contributed by atoms with Gasteiger partial charge < -0.3 is 14.6 Å². The van der Waals surface area contributed by atoms with Crippen LogP contribution in [0.3, 0.4) is 0 Å². The lowest BCUT2D eigenvalue weighted by atomic mass is 10.0. The zero-order valence-electron chi connectivity index (χ0n) is 10.8.